The van der Waals surface area contributed by atoms with Crippen LogP contribution in [0.2, 0.25) is 0 Å². The van der Waals surface area contributed by atoms with Crippen molar-refractivity contribution in [3.63, 3.8) is 0 Å². The van der Waals surface area contributed by atoms with Crippen LogP contribution >= 0.6 is 0 Å². The summed E-state index contributed by atoms with van der Waals surface area (Å²) < 4.78 is 5.73. The molecule has 2 rings (SSSR count). The summed E-state index contributed by atoms with van der Waals surface area (Å²) in [6, 6.07) is 6.94. The molecule has 0 radical (unpaired) electrons. The number of ketones is 1. The van der Waals surface area contributed by atoms with Gasteiger partial charge in [0.05, 0.1) is 17.8 Å². The SMILES string of the molecule is CC(=O)c1ccccc1C(=O)NCCCCN1C[C@@H](C)O[C@@H](C)C1. The van der Waals surface area contributed by atoms with E-state index in [1.54, 1.807) is 24.3 Å². The third kappa shape index (κ3) is 5.42. The molecule has 0 aromatic heterocycles. The fraction of sp³-hybridized carbons (Fsp3) is 0.579. The molecule has 1 N–H and O–H groups in total. The zero-order valence-electron chi connectivity index (χ0n) is 14.9. The number of carbonyl (C=O) groups excluding carboxylic acids is 2. The maximum atomic E-state index is 12.2. The van der Waals surface area contributed by atoms with E-state index in [4.69, 9.17) is 4.74 Å². The van der Waals surface area contributed by atoms with E-state index in [1.165, 1.54) is 6.92 Å². The molecule has 0 aliphatic carbocycles. The van der Waals surface area contributed by atoms with E-state index in [9.17, 15) is 9.59 Å². The average molecular weight is 332 g/mol. The van der Waals surface area contributed by atoms with Crippen molar-refractivity contribution in [1.29, 1.82) is 0 Å². The minimum Gasteiger partial charge on any atom is -0.373 e. The molecule has 132 valence electrons. The van der Waals surface area contributed by atoms with E-state index in [0.717, 1.165) is 32.5 Å². The van der Waals surface area contributed by atoms with Crippen LogP contribution < -0.4 is 5.32 Å². The van der Waals surface area contributed by atoms with Gasteiger partial charge in [-0.2, -0.15) is 0 Å². The number of unbranched alkanes of at least 4 members (excludes halogenated alkanes) is 1. The standard InChI is InChI=1S/C19H28N2O3/c1-14-12-21(13-15(2)24-14)11-7-6-10-20-19(23)18-9-5-4-8-17(18)16(3)22/h4-5,8-9,14-15H,6-7,10-13H2,1-3H3,(H,20,23)/t14-,15+. The van der Waals surface area contributed by atoms with E-state index in [1.807, 2.05) is 0 Å². The lowest BCUT2D eigenvalue weighted by Gasteiger charge is -2.35. The van der Waals surface area contributed by atoms with Gasteiger partial charge in [-0.15, -0.1) is 0 Å². The zero-order valence-corrected chi connectivity index (χ0v) is 14.9. The van der Waals surface area contributed by atoms with Crippen LogP contribution in [0.3, 0.4) is 0 Å². The van der Waals surface area contributed by atoms with Crippen LogP contribution in [0.4, 0.5) is 0 Å². The third-order valence-electron chi connectivity index (χ3n) is 4.23. The lowest BCUT2D eigenvalue weighted by atomic mass is 10.0. The first-order chi connectivity index (χ1) is 11.5. The Labute approximate surface area is 144 Å². The molecule has 1 aliphatic heterocycles. The highest BCUT2D eigenvalue weighted by atomic mass is 16.5. The molecule has 1 aromatic carbocycles. The van der Waals surface area contributed by atoms with Gasteiger partial charge in [0.25, 0.3) is 5.91 Å². The van der Waals surface area contributed by atoms with Crippen LogP contribution in [0.15, 0.2) is 24.3 Å². The second kappa shape index (κ2) is 8.94. The molecular formula is C19H28N2O3. The largest absolute Gasteiger partial charge is 0.373 e. The predicted molar refractivity (Wildman–Crippen MR) is 94.5 cm³/mol. The predicted octanol–water partition coefficient (Wildman–Crippen LogP) is 2.51. The molecule has 0 saturated carbocycles. The van der Waals surface area contributed by atoms with Crippen molar-refractivity contribution in [2.45, 2.75) is 45.8 Å². The molecule has 24 heavy (non-hydrogen) atoms. The Balaban J connectivity index is 1.71. The zero-order chi connectivity index (χ0) is 17.5. The Morgan fingerprint density at radius 2 is 1.75 bits per heavy atom. The molecule has 1 fully saturated rings. The number of benzene rings is 1. The summed E-state index contributed by atoms with van der Waals surface area (Å²) in [5.41, 5.74) is 0.937. The van der Waals surface area contributed by atoms with E-state index in [0.29, 0.717) is 17.7 Å². The average Bonchev–Trinajstić information content (AvgIpc) is 2.53. The molecule has 5 nitrogen and oxygen atoms in total. The molecule has 1 saturated heterocycles. The summed E-state index contributed by atoms with van der Waals surface area (Å²) in [5, 5.41) is 2.92. The number of ether oxygens (including phenoxy) is 1. The second-order valence-corrected chi connectivity index (χ2v) is 6.58. The first-order valence-corrected chi connectivity index (χ1v) is 8.73. The fourth-order valence-corrected chi connectivity index (χ4v) is 3.21. The molecular weight excluding hydrogens is 304 g/mol. The quantitative estimate of drug-likeness (QED) is 0.616. The van der Waals surface area contributed by atoms with Gasteiger partial charge in [0.15, 0.2) is 5.78 Å². The van der Waals surface area contributed by atoms with Gasteiger partial charge in [-0.25, -0.2) is 0 Å². The third-order valence-corrected chi connectivity index (χ3v) is 4.23. The number of morpholine rings is 1. The summed E-state index contributed by atoms with van der Waals surface area (Å²) in [6.45, 7) is 9.30. The summed E-state index contributed by atoms with van der Waals surface area (Å²) in [5.74, 6) is -0.259. The van der Waals surface area contributed by atoms with Crippen molar-refractivity contribution in [2.75, 3.05) is 26.2 Å². The Morgan fingerprint density at radius 3 is 2.38 bits per heavy atom. The van der Waals surface area contributed by atoms with Gasteiger partial charge in [-0.05, 0) is 46.2 Å². The van der Waals surface area contributed by atoms with Gasteiger partial charge in [0.2, 0.25) is 0 Å². The minimum absolute atomic E-state index is 0.0868. The maximum Gasteiger partial charge on any atom is 0.252 e. The highest BCUT2D eigenvalue weighted by Crippen LogP contribution is 2.12. The number of hydrogen-bond donors (Lipinski definition) is 1. The Morgan fingerprint density at radius 1 is 1.12 bits per heavy atom. The Kier molecular flexibility index (Phi) is 6.94. The van der Waals surface area contributed by atoms with Crippen molar-refractivity contribution in [3.8, 4) is 0 Å². The molecule has 1 aliphatic rings. The summed E-state index contributed by atoms with van der Waals surface area (Å²) in [4.78, 5) is 26.2. The molecule has 1 amide bonds. The highest BCUT2D eigenvalue weighted by molar-refractivity contribution is 6.07. The molecule has 5 heteroatoms. The normalized spacial score (nSPS) is 21.5. The van der Waals surface area contributed by atoms with Crippen molar-refractivity contribution in [3.05, 3.63) is 35.4 Å². The summed E-state index contributed by atoms with van der Waals surface area (Å²) in [6.07, 6.45) is 2.54. The first-order valence-electron chi connectivity index (χ1n) is 8.73. The summed E-state index contributed by atoms with van der Waals surface area (Å²) >= 11 is 0. The molecule has 0 bridgehead atoms. The van der Waals surface area contributed by atoms with E-state index < -0.39 is 0 Å². The second-order valence-electron chi connectivity index (χ2n) is 6.58. The molecule has 0 spiro atoms. The molecule has 2 atom stereocenters. The van der Waals surface area contributed by atoms with Crippen LogP contribution in [0.25, 0.3) is 0 Å². The van der Waals surface area contributed by atoms with Crippen molar-refractivity contribution >= 4 is 11.7 Å². The Bertz CT molecular complexity index is 563. The fourth-order valence-electron chi connectivity index (χ4n) is 3.21. The lowest BCUT2D eigenvalue weighted by Crippen LogP contribution is -2.45. The van der Waals surface area contributed by atoms with Gasteiger partial charge in [-0.3, -0.25) is 14.5 Å². The summed E-state index contributed by atoms with van der Waals surface area (Å²) in [7, 11) is 0. The molecule has 1 aromatic rings. The molecule has 1 heterocycles. The van der Waals surface area contributed by atoms with Gasteiger partial charge in [-0.1, -0.05) is 18.2 Å². The Hall–Kier alpha value is -1.72. The topological polar surface area (TPSA) is 58.6 Å². The van der Waals surface area contributed by atoms with Crippen molar-refractivity contribution in [2.24, 2.45) is 0 Å². The number of nitrogens with one attached hydrogen (secondary N) is 1. The minimum atomic E-state index is -0.172. The van der Waals surface area contributed by atoms with Crippen LogP contribution in [-0.2, 0) is 4.74 Å². The van der Waals surface area contributed by atoms with Gasteiger partial charge in [0, 0.05) is 25.2 Å². The van der Waals surface area contributed by atoms with E-state index >= 15 is 0 Å². The first kappa shape index (κ1) is 18.6. The van der Waals surface area contributed by atoms with Crippen LogP contribution in [-0.4, -0.2) is 55.0 Å². The van der Waals surface area contributed by atoms with Gasteiger partial charge < -0.3 is 10.1 Å². The van der Waals surface area contributed by atoms with Crippen LogP contribution in [0, 0.1) is 0 Å². The van der Waals surface area contributed by atoms with Crippen molar-refractivity contribution in [1.82, 2.24) is 10.2 Å². The smallest absolute Gasteiger partial charge is 0.252 e. The molecule has 0 unspecified atom stereocenters. The van der Waals surface area contributed by atoms with Gasteiger partial charge in [0.1, 0.15) is 0 Å². The maximum absolute atomic E-state index is 12.2. The van der Waals surface area contributed by atoms with Crippen LogP contribution in [0.5, 0.6) is 0 Å². The van der Waals surface area contributed by atoms with Crippen molar-refractivity contribution < 1.29 is 14.3 Å². The lowest BCUT2D eigenvalue weighted by molar-refractivity contribution is -0.0681. The number of rotatable bonds is 7. The number of amides is 1. The highest BCUT2D eigenvalue weighted by Gasteiger charge is 2.21. The van der Waals surface area contributed by atoms with Crippen LogP contribution in [0.1, 0.15) is 54.3 Å². The number of nitrogens with zero attached hydrogens (tertiary/aromatic N) is 1. The number of carbonyl (C=O) groups is 2. The number of hydrogen-bond acceptors (Lipinski definition) is 4. The number of Topliss-reactive ketones (excluding diaryl/α,β-unsaturated/α-hetero) is 1. The van der Waals surface area contributed by atoms with Gasteiger partial charge >= 0.3 is 0 Å². The van der Waals surface area contributed by atoms with E-state index in [2.05, 4.69) is 24.1 Å². The van der Waals surface area contributed by atoms with E-state index in [-0.39, 0.29) is 23.9 Å². The monoisotopic (exact) mass is 332 g/mol.